The molecule has 0 radical (unpaired) electrons. The van der Waals surface area contributed by atoms with Crippen LogP contribution in [0.3, 0.4) is 0 Å². The van der Waals surface area contributed by atoms with E-state index in [9.17, 15) is 14.4 Å². The Balaban J connectivity index is 1.57. The van der Waals surface area contributed by atoms with E-state index in [1.807, 2.05) is 37.3 Å². The standard InChI is InChI=1S/C25H35N3O5/c1-2-13-26-22(30)19-18-11-12-25(33-18)20(19)24(32)28(14-7-4-8-15-29)21(25)23(31)27-16-17-9-5-3-6-10-17/h3,5-6,9-10,18-21,29H,2,4,7-8,11-16H2,1H3,(H,26,30)(H,27,31)/t18-,19+,20+,21?,25?/m1/s1. The third-order valence-corrected chi connectivity index (χ3v) is 7.27. The normalized spacial score (nSPS) is 29.9. The molecule has 0 aromatic heterocycles. The van der Waals surface area contributed by atoms with Gasteiger partial charge in [-0.3, -0.25) is 14.4 Å². The molecule has 2 unspecified atom stereocenters. The Morgan fingerprint density at radius 2 is 1.94 bits per heavy atom. The van der Waals surface area contributed by atoms with Gasteiger partial charge in [-0.2, -0.15) is 0 Å². The van der Waals surface area contributed by atoms with Crippen molar-refractivity contribution in [3.63, 3.8) is 0 Å². The maximum atomic E-state index is 13.6. The van der Waals surface area contributed by atoms with Crippen LogP contribution >= 0.6 is 0 Å². The molecule has 180 valence electrons. The summed E-state index contributed by atoms with van der Waals surface area (Å²) in [6, 6.07) is 8.90. The van der Waals surface area contributed by atoms with E-state index in [1.54, 1.807) is 4.90 Å². The van der Waals surface area contributed by atoms with E-state index in [1.165, 1.54) is 0 Å². The molecule has 8 heteroatoms. The minimum Gasteiger partial charge on any atom is -0.396 e. The molecule has 1 aromatic rings. The molecule has 1 spiro atoms. The van der Waals surface area contributed by atoms with E-state index in [0.717, 1.165) is 18.4 Å². The Kier molecular flexibility index (Phi) is 7.34. The second-order valence-electron chi connectivity index (χ2n) is 9.37. The van der Waals surface area contributed by atoms with Gasteiger partial charge in [-0.25, -0.2) is 0 Å². The second kappa shape index (κ2) is 10.2. The molecule has 3 aliphatic heterocycles. The number of nitrogens with zero attached hydrogens (tertiary/aromatic N) is 1. The first-order valence-electron chi connectivity index (χ1n) is 12.2. The maximum absolute atomic E-state index is 13.6. The summed E-state index contributed by atoms with van der Waals surface area (Å²) in [6.45, 7) is 3.43. The number of fused-ring (bicyclic) bond motifs is 1. The molecular formula is C25H35N3O5. The van der Waals surface area contributed by atoms with Crippen LogP contribution in [0.25, 0.3) is 0 Å². The zero-order valence-corrected chi connectivity index (χ0v) is 19.3. The van der Waals surface area contributed by atoms with E-state index in [2.05, 4.69) is 10.6 Å². The van der Waals surface area contributed by atoms with Crippen molar-refractivity contribution < 1.29 is 24.2 Å². The lowest BCUT2D eigenvalue weighted by molar-refractivity contribution is -0.142. The highest BCUT2D eigenvalue weighted by atomic mass is 16.5. The Bertz CT molecular complexity index is 863. The Hall–Kier alpha value is -2.45. The highest BCUT2D eigenvalue weighted by Crippen LogP contribution is 2.58. The van der Waals surface area contributed by atoms with Crippen molar-refractivity contribution in [3.05, 3.63) is 35.9 Å². The Labute approximate surface area is 195 Å². The number of rotatable bonds is 11. The van der Waals surface area contributed by atoms with Crippen LogP contribution in [0.4, 0.5) is 0 Å². The summed E-state index contributed by atoms with van der Waals surface area (Å²) in [6.07, 6.45) is 3.87. The van der Waals surface area contributed by atoms with Gasteiger partial charge in [0, 0.05) is 26.2 Å². The topological polar surface area (TPSA) is 108 Å². The number of benzene rings is 1. The molecule has 3 amide bonds. The SMILES string of the molecule is CCCNC(=O)[C@@H]1[C@H]2C(=O)N(CCCCCO)C(C(=O)NCc3ccccc3)C23CC[C@H]1O3. The smallest absolute Gasteiger partial charge is 0.246 e. The summed E-state index contributed by atoms with van der Waals surface area (Å²) >= 11 is 0. The number of aliphatic hydroxyl groups is 1. The number of hydrogen-bond acceptors (Lipinski definition) is 5. The molecule has 3 N–H and O–H groups in total. The molecule has 2 bridgehead atoms. The molecule has 4 rings (SSSR count). The third-order valence-electron chi connectivity index (χ3n) is 7.27. The van der Waals surface area contributed by atoms with E-state index >= 15 is 0 Å². The summed E-state index contributed by atoms with van der Waals surface area (Å²) in [4.78, 5) is 41.8. The average molecular weight is 458 g/mol. The lowest BCUT2D eigenvalue weighted by atomic mass is 9.70. The number of amides is 3. The number of aliphatic hydroxyl groups excluding tert-OH is 1. The van der Waals surface area contributed by atoms with E-state index in [0.29, 0.717) is 45.3 Å². The average Bonchev–Trinajstić information content (AvgIpc) is 3.47. The molecule has 3 aliphatic rings. The molecule has 3 fully saturated rings. The van der Waals surface area contributed by atoms with Gasteiger partial charge in [0.25, 0.3) is 0 Å². The maximum Gasteiger partial charge on any atom is 0.246 e. The molecule has 8 nitrogen and oxygen atoms in total. The van der Waals surface area contributed by atoms with Crippen LogP contribution in [-0.2, 0) is 25.7 Å². The quantitative estimate of drug-likeness (QED) is 0.435. The molecule has 3 saturated heterocycles. The Morgan fingerprint density at radius 1 is 1.15 bits per heavy atom. The molecular weight excluding hydrogens is 422 g/mol. The monoisotopic (exact) mass is 457 g/mol. The fourth-order valence-electron chi connectivity index (χ4n) is 5.81. The summed E-state index contributed by atoms with van der Waals surface area (Å²) in [5, 5.41) is 15.0. The molecule has 5 atom stereocenters. The van der Waals surface area contributed by atoms with Gasteiger partial charge in [-0.15, -0.1) is 0 Å². The minimum absolute atomic E-state index is 0.103. The van der Waals surface area contributed by atoms with Crippen LogP contribution < -0.4 is 10.6 Å². The van der Waals surface area contributed by atoms with Gasteiger partial charge in [-0.05, 0) is 44.1 Å². The number of carbonyl (C=O) groups excluding carboxylic acids is 3. The van der Waals surface area contributed by atoms with Crippen LogP contribution in [-0.4, -0.2) is 65.2 Å². The predicted molar refractivity (Wildman–Crippen MR) is 122 cm³/mol. The van der Waals surface area contributed by atoms with Crippen LogP contribution in [0.2, 0.25) is 0 Å². The second-order valence-corrected chi connectivity index (χ2v) is 9.37. The van der Waals surface area contributed by atoms with Crippen molar-refractivity contribution in [2.45, 2.75) is 69.7 Å². The number of likely N-dealkylation sites (tertiary alicyclic amines) is 1. The van der Waals surface area contributed by atoms with Crippen molar-refractivity contribution in [2.75, 3.05) is 19.7 Å². The molecule has 33 heavy (non-hydrogen) atoms. The van der Waals surface area contributed by atoms with Crippen molar-refractivity contribution >= 4 is 17.7 Å². The van der Waals surface area contributed by atoms with Crippen LogP contribution in [0.5, 0.6) is 0 Å². The zero-order valence-electron chi connectivity index (χ0n) is 19.3. The first kappa shape index (κ1) is 23.7. The van der Waals surface area contributed by atoms with Crippen molar-refractivity contribution in [1.82, 2.24) is 15.5 Å². The Morgan fingerprint density at radius 3 is 2.67 bits per heavy atom. The van der Waals surface area contributed by atoms with Crippen LogP contribution in [0.1, 0.15) is 51.0 Å². The van der Waals surface area contributed by atoms with Gasteiger partial charge in [0.15, 0.2) is 0 Å². The predicted octanol–water partition coefficient (Wildman–Crippen LogP) is 1.37. The van der Waals surface area contributed by atoms with E-state index < -0.39 is 23.5 Å². The summed E-state index contributed by atoms with van der Waals surface area (Å²) in [5.74, 6) is -1.71. The van der Waals surface area contributed by atoms with Gasteiger partial charge < -0.3 is 25.4 Å². The number of nitrogens with one attached hydrogen (secondary N) is 2. The van der Waals surface area contributed by atoms with Crippen molar-refractivity contribution in [1.29, 1.82) is 0 Å². The fraction of sp³-hybridized carbons (Fsp3) is 0.640. The molecule has 3 heterocycles. The summed E-state index contributed by atoms with van der Waals surface area (Å²) in [5.41, 5.74) is 0.0282. The van der Waals surface area contributed by atoms with Crippen LogP contribution in [0, 0.1) is 11.8 Å². The van der Waals surface area contributed by atoms with Gasteiger partial charge >= 0.3 is 0 Å². The fourth-order valence-corrected chi connectivity index (χ4v) is 5.81. The van der Waals surface area contributed by atoms with E-state index in [-0.39, 0.29) is 30.4 Å². The number of unbranched alkanes of at least 4 members (excludes halogenated alkanes) is 2. The lowest BCUT2D eigenvalue weighted by Crippen LogP contribution is -2.55. The first-order chi connectivity index (χ1) is 16.0. The lowest BCUT2D eigenvalue weighted by Gasteiger charge is -2.33. The van der Waals surface area contributed by atoms with E-state index in [4.69, 9.17) is 9.84 Å². The highest BCUT2D eigenvalue weighted by molar-refractivity contribution is 5.98. The van der Waals surface area contributed by atoms with Gasteiger partial charge in [0.05, 0.1) is 17.9 Å². The molecule has 0 aliphatic carbocycles. The number of carbonyl (C=O) groups is 3. The van der Waals surface area contributed by atoms with Crippen molar-refractivity contribution in [3.8, 4) is 0 Å². The van der Waals surface area contributed by atoms with Gasteiger partial charge in [0.2, 0.25) is 17.7 Å². The zero-order chi connectivity index (χ0) is 23.4. The van der Waals surface area contributed by atoms with Gasteiger partial charge in [-0.1, -0.05) is 37.3 Å². The van der Waals surface area contributed by atoms with Gasteiger partial charge in [0.1, 0.15) is 11.6 Å². The first-order valence-corrected chi connectivity index (χ1v) is 12.2. The number of hydrogen-bond donors (Lipinski definition) is 3. The number of ether oxygens (including phenoxy) is 1. The highest BCUT2D eigenvalue weighted by Gasteiger charge is 2.74. The summed E-state index contributed by atoms with van der Waals surface area (Å²) < 4.78 is 6.39. The summed E-state index contributed by atoms with van der Waals surface area (Å²) in [7, 11) is 0. The molecule has 0 saturated carbocycles. The minimum atomic E-state index is -0.951. The van der Waals surface area contributed by atoms with Crippen LogP contribution in [0.15, 0.2) is 30.3 Å². The molecule has 1 aromatic carbocycles. The largest absolute Gasteiger partial charge is 0.396 e. The van der Waals surface area contributed by atoms with Crippen molar-refractivity contribution in [2.24, 2.45) is 11.8 Å². The third kappa shape index (κ3) is 4.38.